The number of nitrogens with one attached hydrogen (secondary N) is 1. The number of H-pyrrole nitrogens is 1. The normalized spacial score (nSPS) is 8.80. The van der Waals surface area contributed by atoms with E-state index in [1.807, 2.05) is 6.07 Å². The van der Waals surface area contributed by atoms with Gasteiger partial charge in [0.05, 0.1) is 4.47 Å². The summed E-state index contributed by atoms with van der Waals surface area (Å²) in [6, 6.07) is 3.19. The first kappa shape index (κ1) is 7.03. The van der Waals surface area contributed by atoms with Gasteiger partial charge in [-0.2, -0.15) is 5.26 Å². The summed E-state index contributed by atoms with van der Waals surface area (Å²) < 4.78 is 0.289. The average Bonchev–Trinajstić information content (AvgIpc) is 1.95. The minimum atomic E-state index is -0.185. The molecule has 3 nitrogen and oxygen atoms in total. The predicted octanol–water partition coefficient (Wildman–Crippen LogP) is 1.01. The molecule has 0 aliphatic heterocycles. The Morgan fingerprint density at radius 2 is 2.40 bits per heavy atom. The van der Waals surface area contributed by atoms with Gasteiger partial charge in [0.2, 0.25) is 0 Å². The second-order valence-electron chi connectivity index (χ2n) is 1.64. The molecule has 0 atom stereocenters. The highest BCUT2D eigenvalue weighted by atomic mass is 79.9. The summed E-state index contributed by atoms with van der Waals surface area (Å²) in [6.45, 7) is 0. The van der Waals surface area contributed by atoms with Crippen molar-refractivity contribution in [3.8, 4) is 6.07 Å². The van der Waals surface area contributed by atoms with E-state index in [-0.39, 0.29) is 15.6 Å². The smallest absolute Gasteiger partial charge is 0.197 e. The summed E-state index contributed by atoms with van der Waals surface area (Å²) >= 11 is 2.97. The second kappa shape index (κ2) is 2.67. The van der Waals surface area contributed by atoms with Crippen LogP contribution in [0.4, 0.5) is 0 Å². The quantitative estimate of drug-likeness (QED) is 0.677. The van der Waals surface area contributed by atoms with Crippen molar-refractivity contribution in [1.29, 1.82) is 5.26 Å². The number of nitriles is 1. The molecule has 0 aromatic carbocycles. The van der Waals surface area contributed by atoms with E-state index in [0.717, 1.165) is 0 Å². The Hall–Kier alpha value is -1.08. The van der Waals surface area contributed by atoms with Crippen LogP contribution in [-0.2, 0) is 0 Å². The van der Waals surface area contributed by atoms with Crippen LogP contribution in [0, 0.1) is 11.3 Å². The van der Waals surface area contributed by atoms with E-state index in [9.17, 15) is 4.79 Å². The Bertz CT molecular complexity index is 336. The molecule has 0 unspecified atom stereocenters. The maximum Gasteiger partial charge on any atom is 0.197 e. The molecule has 0 radical (unpaired) electrons. The van der Waals surface area contributed by atoms with E-state index in [1.165, 1.54) is 12.3 Å². The molecule has 0 saturated carbocycles. The predicted molar refractivity (Wildman–Crippen MR) is 39.5 cm³/mol. The zero-order chi connectivity index (χ0) is 7.56. The molecule has 4 heteroatoms. The van der Waals surface area contributed by atoms with Crippen LogP contribution in [0.15, 0.2) is 21.5 Å². The van der Waals surface area contributed by atoms with Crippen molar-refractivity contribution in [2.75, 3.05) is 0 Å². The molecule has 0 spiro atoms. The number of hydrogen-bond donors (Lipinski definition) is 1. The number of pyridine rings is 1. The second-order valence-corrected chi connectivity index (χ2v) is 2.44. The van der Waals surface area contributed by atoms with Crippen molar-refractivity contribution < 1.29 is 0 Å². The van der Waals surface area contributed by atoms with Crippen molar-refractivity contribution >= 4 is 15.9 Å². The fourth-order valence-corrected chi connectivity index (χ4v) is 0.877. The van der Waals surface area contributed by atoms with Crippen LogP contribution in [0.25, 0.3) is 0 Å². The first-order chi connectivity index (χ1) is 4.75. The number of aromatic nitrogens is 1. The van der Waals surface area contributed by atoms with Crippen molar-refractivity contribution in [2.45, 2.75) is 0 Å². The van der Waals surface area contributed by atoms with Gasteiger partial charge in [-0.1, -0.05) is 0 Å². The molecular weight excluding hydrogens is 196 g/mol. The largest absolute Gasteiger partial charge is 0.352 e. The van der Waals surface area contributed by atoms with E-state index >= 15 is 0 Å². The van der Waals surface area contributed by atoms with Crippen LogP contribution in [0.3, 0.4) is 0 Å². The van der Waals surface area contributed by atoms with Gasteiger partial charge in [0, 0.05) is 12.3 Å². The maximum atomic E-state index is 10.8. The standard InChI is InChI=1S/C6H3BrN2O/c7-6-4(3-8)9-2-1-5(6)10/h1-2H,(H,9,10). The van der Waals surface area contributed by atoms with Gasteiger partial charge in [0.1, 0.15) is 11.8 Å². The van der Waals surface area contributed by atoms with Gasteiger partial charge in [-0.15, -0.1) is 0 Å². The van der Waals surface area contributed by atoms with Gasteiger partial charge in [-0.05, 0) is 15.9 Å². The lowest BCUT2D eigenvalue weighted by atomic mass is 10.4. The van der Waals surface area contributed by atoms with E-state index in [2.05, 4.69) is 20.9 Å². The fourth-order valence-electron chi connectivity index (χ4n) is 0.542. The highest BCUT2D eigenvalue weighted by Gasteiger charge is 1.99. The third-order valence-corrected chi connectivity index (χ3v) is 1.80. The third-order valence-electron chi connectivity index (χ3n) is 1.01. The first-order valence-corrected chi connectivity index (χ1v) is 3.32. The summed E-state index contributed by atoms with van der Waals surface area (Å²) in [4.78, 5) is 13.4. The maximum absolute atomic E-state index is 10.8. The van der Waals surface area contributed by atoms with Gasteiger partial charge < -0.3 is 4.98 Å². The molecule has 0 amide bonds. The topological polar surface area (TPSA) is 56.6 Å². The van der Waals surface area contributed by atoms with E-state index in [0.29, 0.717) is 0 Å². The number of aromatic amines is 1. The molecular formula is C6H3BrN2O. The summed E-state index contributed by atoms with van der Waals surface area (Å²) in [6.07, 6.45) is 1.44. The molecule has 1 aromatic heterocycles. The third kappa shape index (κ3) is 1.09. The number of hydrogen-bond acceptors (Lipinski definition) is 2. The van der Waals surface area contributed by atoms with Crippen LogP contribution >= 0.6 is 15.9 Å². The number of rotatable bonds is 0. The van der Waals surface area contributed by atoms with Crippen molar-refractivity contribution in [2.24, 2.45) is 0 Å². The van der Waals surface area contributed by atoms with Crippen LogP contribution in [-0.4, -0.2) is 4.98 Å². The Morgan fingerprint density at radius 3 is 2.90 bits per heavy atom. The van der Waals surface area contributed by atoms with Gasteiger partial charge in [-0.25, -0.2) is 0 Å². The zero-order valence-corrected chi connectivity index (χ0v) is 6.47. The zero-order valence-electron chi connectivity index (χ0n) is 4.89. The van der Waals surface area contributed by atoms with Crippen molar-refractivity contribution in [1.82, 2.24) is 4.98 Å². The van der Waals surface area contributed by atoms with Crippen LogP contribution in [0.5, 0.6) is 0 Å². The van der Waals surface area contributed by atoms with Crippen LogP contribution < -0.4 is 5.43 Å². The molecule has 0 saturated heterocycles. The Morgan fingerprint density at radius 1 is 1.70 bits per heavy atom. The number of halogens is 1. The SMILES string of the molecule is N#Cc1[nH]ccc(=O)c1Br. The molecule has 0 aliphatic carbocycles. The molecule has 1 rings (SSSR count). The van der Waals surface area contributed by atoms with Crippen LogP contribution in [0.1, 0.15) is 5.69 Å². The monoisotopic (exact) mass is 198 g/mol. The van der Waals surface area contributed by atoms with Gasteiger partial charge in [-0.3, -0.25) is 4.79 Å². The summed E-state index contributed by atoms with van der Waals surface area (Å²) in [5, 5.41) is 8.39. The molecule has 0 aliphatic rings. The average molecular weight is 199 g/mol. The molecule has 50 valence electrons. The minimum Gasteiger partial charge on any atom is -0.352 e. The molecule has 1 N–H and O–H groups in total. The molecule has 1 heterocycles. The van der Waals surface area contributed by atoms with Crippen molar-refractivity contribution in [3.05, 3.63) is 32.7 Å². The molecule has 0 bridgehead atoms. The lowest BCUT2D eigenvalue weighted by molar-refractivity contribution is 1.22. The van der Waals surface area contributed by atoms with Gasteiger partial charge >= 0.3 is 0 Å². The Balaban J connectivity index is 3.46. The highest BCUT2D eigenvalue weighted by Crippen LogP contribution is 2.05. The lowest BCUT2D eigenvalue weighted by Crippen LogP contribution is -2.02. The summed E-state index contributed by atoms with van der Waals surface area (Å²) in [5.41, 5.74) is 0.0720. The van der Waals surface area contributed by atoms with Crippen LogP contribution in [0.2, 0.25) is 0 Å². The van der Waals surface area contributed by atoms with Gasteiger partial charge in [0.25, 0.3) is 0 Å². The molecule has 10 heavy (non-hydrogen) atoms. The minimum absolute atomic E-state index is 0.185. The van der Waals surface area contributed by atoms with E-state index < -0.39 is 0 Å². The fraction of sp³-hybridized carbons (Fsp3) is 0. The summed E-state index contributed by atoms with van der Waals surface area (Å²) in [5.74, 6) is 0. The Labute approximate surface area is 65.4 Å². The van der Waals surface area contributed by atoms with Gasteiger partial charge in [0.15, 0.2) is 5.43 Å². The molecule has 1 aromatic rings. The van der Waals surface area contributed by atoms with E-state index in [4.69, 9.17) is 5.26 Å². The Kier molecular flexibility index (Phi) is 1.88. The van der Waals surface area contributed by atoms with E-state index in [1.54, 1.807) is 0 Å². The van der Waals surface area contributed by atoms with Crippen molar-refractivity contribution in [3.63, 3.8) is 0 Å². The highest BCUT2D eigenvalue weighted by molar-refractivity contribution is 9.10. The molecule has 0 fully saturated rings. The lowest BCUT2D eigenvalue weighted by Gasteiger charge is -1.89. The first-order valence-electron chi connectivity index (χ1n) is 2.53. The number of nitrogens with zero attached hydrogens (tertiary/aromatic N) is 1. The summed E-state index contributed by atoms with van der Waals surface area (Å²) in [7, 11) is 0.